The number of nitrogens with zero attached hydrogens (tertiary/aromatic N) is 5. The van der Waals surface area contributed by atoms with Gasteiger partial charge in [-0.2, -0.15) is 10.1 Å². The Labute approximate surface area is 179 Å². The molecule has 3 aromatic heterocycles. The molecule has 0 radical (unpaired) electrons. The smallest absolute Gasteiger partial charge is 0.221 e. The van der Waals surface area contributed by atoms with Crippen molar-refractivity contribution in [2.75, 3.05) is 7.11 Å². The summed E-state index contributed by atoms with van der Waals surface area (Å²) < 4.78 is 13.2. The van der Waals surface area contributed by atoms with Crippen LogP contribution in [0.1, 0.15) is 30.9 Å². The molecular weight excluding hydrogens is 398 g/mol. The Bertz CT molecular complexity index is 1120. The molecule has 3 heterocycles. The normalized spacial score (nSPS) is 11.1. The molecule has 0 aliphatic rings. The van der Waals surface area contributed by atoms with Crippen LogP contribution in [-0.4, -0.2) is 31.8 Å². The second kappa shape index (κ2) is 8.62. The molecule has 8 heteroatoms. The lowest BCUT2D eigenvalue weighted by Gasteiger charge is -2.17. The van der Waals surface area contributed by atoms with E-state index in [1.807, 2.05) is 43.7 Å². The number of aryl methyl sites for hydroxylation is 1. The first kappa shape index (κ1) is 20.0. The van der Waals surface area contributed by atoms with Crippen LogP contribution < -0.4 is 9.47 Å². The Kier molecular flexibility index (Phi) is 5.76. The fourth-order valence-electron chi connectivity index (χ4n) is 3.15. The van der Waals surface area contributed by atoms with Crippen molar-refractivity contribution >= 4 is 11.3 Å². The number of benzene rings is 1. The number of hydrogen-bond acceptors (Lipinski definition) is 7. The largest absolute Gasteiger partial charge is 0.497 e. The van der Waals surface area contributed by atoms with Crippen LogP contribution >= 0.6 is 11.3 Å². The molecule has 154 valence electrons. The lowest BCUT2D eigenvalue weighted by atomic mass is 9.99. The zero-order chi connectivity index (χ0) is 21.1. The number of rotatable bonds is 7. The summed E-state index contributed by atoms with van der Waals surface area (Å²) in [4.78, 5) is 14.7. The van der Waals surface area contributed by atoms with Crippen LogP contribution in [0, 0.1) is 0 Å². The number of methoxy groups -OCH3 is 1. The molecule has 0 saturated heterocycles. The van der Waals surface area contributed by atoms with Crippen LogP contribution in [-0.2, 0) is 13.7 Å². The van der Waals surface area contributed by atoms with Gasteiger partial charge in [0.05, 0.1) is 29.4 Å². The Morgan fingerprint density at radius 3 is 2.50 bits per heavy atom. The van der Waals surface area contributed by atoms with Crippen molar-refractivity contribution in [1.29, 1.82) is 0 Å². The van der Waals surface area contributed by atoms with E-state index in [2.05, 4.69) is 23.9 Å². The molecule has 4 rings (SSSR count). The summed E-state index contributed by atoms with van der Waals surface area (Å²) in [6.45, 7) is 4.63. The first-order chi connectivity index (χ1) is 14.5. The molecule has 7 nitrogen and oxygen atoms in total. The molecule has 0 atom stereocenters. The second-order valence-electron chi connectivity index (χ2n) is 7.17. The van der Waals surface area contributed by atoms with Gasteiger partial charge in [0.25, 0.3) is 0 Å². The first-order valence-electron chi connectivity index (χ1n) is 9.60. The number of hydrogen-bond donors (Lipinski definition) is 0. The summed E-state index contributed by atoms with van der Waals surface area (Å²) in [6, 6.07) is 7.82. The minimum atomic E-state index is 0.168. The molecular formula is C22H23N5O2S. The van der Waals surface area contributed by atoms with Gasteiger partial charge >= 0.3 is 0 Å². The average Bonchev–Trinajstić information content (AvgIpc) is 3.44. The Hall–Kier alpha value is -3.26. The molecule has 0 saturated carbocycles. The van der Waals surface area contributed by atoms with Gasteiger partial charge in [-0.15, -0.1) is 11.3 Å². The molecule has 0 aliphatic carbocycles. The molecule has 0 bridgehead atoms. The molecule has 0 spiro atoms. The minimum absolute atomic E-state index is 0.168. The van der Waals surface area contributed by atoms with Crippen LogP contribution in [0.5, 0.6) is 11.6 Å². The van der Waals surface area contributed by atoms with Crippen molar-refractivity contribution in [1.82, 2.24) is 24.7 Å². The van der Waals surface area contributed by atoms with Gasteiger partial charge in [-0.3, -0.25) is 9.67 Å². The summed E-state index contributed by atoms with van der Waals surface area (Å²) in [7, 11) is 3.55. The summed E-state index contributed by atoms with van der Waals surface area (Å²) in [5.74, 6) is 2.17. The minimum Gasteiger partial charge on any atom is -0.497 e. The van der Waals surface area contributed by atoms with Gasteiger partial charge in [0.2, 0.25) is 5.88 Å². The molecule has 0 N–H and O–H groups in total. The van der Waals surface area contributed by atoms with Gasteiger partial charge in [-0.25, -0.2) is 4.98 Å². The first-order valence-corrected chi connectivity index (χ1v) is 10.5. The third-order valence-corrected chi connectivity index (χ3v) is 5.42. The van der Waals surface area contributed by atoms with E-state index < -0.39 is 0 Å². The van der Waals surface area contributed by atoms with Crippen LogP contribution in [0.4, 0.5) is 0 Å². The second-order valence-corrected chi connectivity index (χ2v) is 8.06. The van der Waals surface area contributed by atoms with E-state index in [9.17, 15) is 0 Å². The average molecular weight is 422 g/mol. The highest BCUT2D eigenvalue weighted by Crippen LogP contribution is 2.36. The zero-order valence-corrected chi connectivity index (χ0v) is 18.2. The van der Waals surface area contributed by atoms with Crippen molar-refractivity contribution in [2.45, 2.75) is 26.4 Å². The van der Waals surface area contributed by atoms with Gasteiger partial charge in [-0.05, 0) is 23.6 Å². The van der Waals surface area contributed by atoms with Crippen LogP contribution in [0.15, 0.2) is 48.4 Å². The van der Waals surface area contributed by atoms with E-state index in [0.29, 0.717) is 18.3 Å². The predicted molar refractivity (Wildman–Crippen MR) is 117 cm³/mol. The summed E-state index contributed by atoms with van der Waals surface area (Å²) in [6.07, 6.45) is 5.55. The Morgan fingerprint density at radius 2 is 1.90 bits per heavy atom. The van der Waals surface area contributed by atoms with Crippen molar-refractivity contribution in [3.63, 3.8) is 0 Å². The Morgan fingerprint density at radius 1 is 1.10 bits per heavy atom. The van der Waals surface area contributed by atoms with E-state index >= 15 is 0 Å². The molecule has 1 aromatic carbocycles. The monoisotopic (exact) mass is 421 g/mol. The number of aromatic nitrogens is 5. The van der Waals surface area contributed by atoms with E-state index in [4.69, 9.17) is 19.4 Å². The van der Waals surface area contributed by atoms with Crippen molar-refractivity contribution in [2.24, 2.45) is 7.05 Å². The summed E-state index contributed by atoms with van der Waals surface area (Å²) >= 11 is 1.50. The van der Waals surface area contributed by atoms with E-state index in [-0.39, 0.29) is 5.92 Å². The van der Waals surface area contributed by atoms with Gasteiger partial charge in [0, 0.05) is 30.6 Å². The van der Waals surface area contributed by atoms with Crippen molar-refractivity contribution in [3.8, 4) is 33.6 Å². The maximum atomic E-state index is 6.23. The molecule has 4 aromatic rings. The molecule has 0 aliphatic heterocycles. The van der Waals surface area contributed by atoms with Gasteiger partial charge in [-0.1, -0.05) is 26.0 Å². The highest BCUT2D eigenvalue weighted by molar-refractivity contribution is 7.13. The van der Waals surface area contributed by atoms with Gasteiger partial charge in [0.1, 0.15) is 12.4 Å². The highest BCUT2D eigenvalue weighted by atomic mass is 32.1. The summed E-state index contributed by atoms with van der Waals surface area (Å²) in [5.41, 5.74) is 5.54. The third kappa shape index (κ3) is 4.18. The molecule has 0 amide bonds. The van der Waals surface area contributed by atoms with Crippen LogP contribution in [0.2, 0.25) is 0 Å². The molecule has 30 heavy (non-hydrogen) atoms. The van der Waals surface area contributed by atoms with Crippen molar-refractivity contribution in [3.05, 3.63) is 59.5 Å². The van der Waals surface area contributed by atoms with Crippen LogP contribution in [0.3, 0.4) is 0 Å². The summed E-state index contributed by atoms with van der Waals surface area (Å²) in [5, 5.41) is 4.32. The van der Waals surface area contributed by atoms with Gasteiger partial charge in [0.15, 0.2) is 5.82 Å². The standard InChI is InChI=1S/C22H23N5O2S/c1-14(2)19-20(16-9-24-27(3)11-16)25-21(18-10-23-13-30-18)26-22(19)29-12-15-5-7-17(28-4)8-6-15/h5-11,13-14H,12H2,1-4H3. The lowest BCUT2D eigenvalue weighted by Crippen LogP contribution is -2.07. The van der Waals surface area contributed by atoms with Crippen molar-refractivity contribution < 1.29 is 9.47 Å². The third-order valence-electron chi connectivity index (χ3n) is 4.65. The quantitative estimate of drug-likeness (QED) is 0.430. The molecule has 0 fully saturated rings. The topological polar surface area (TPSA) is 75.0 Å². The molecule has 0 unspecified atom stereocenters. The SMILES string of the molecule is COc1ccc(COc2nc(-c3cncs3)nc(-c3cnn(C)c3)c2C(C)C)cc1. The van der Waals surface area contributed by atoms with E-state index in [0.717, 1.165) is 33.0 Å². The lowest BCUT2D eigenvalue weighted by molar-refractivity contribution is 0.289. The predicted octanol–water partition coefficient (Wildman–Crippen LogP) is 4.71. The number of ether oxygens (including phenoxy) is 2. The fraction of sp³-hybridized carbons (Fsp3) is 0.273. The number of thiazole rings is 1. The van der Waals surface area contributed by atoms with Crippen LogP contribution in [0.25, 0.3) is 22.0 Å². The van der Waals surface area contributed by atoms with E-state index in [1.165, 1.54) is 11.3 Å². The van der Waals surface area contributed by atoms with E-state index in [1.54, 1.807) is 23.5 Å². The maximum Gasteiger partial charge on any atom is 0.221 e. The maximum absolute atomic E-state index is 6.23. The fourth-order valence-corrected chi connectivity index (χ4v) is 3.71. The zero-order valence-electron chi connectivity index (χ0n) is 17.4. The highest BCUT2D eigenvalue weighted by Gasteiger charge is 2.22. The Balaban J connectivity index is 1.77. The van der Waals surface area contributed by atoms with Gasteiger partial charge < -0.3 is 9.47 Å².